The van der Waals surface area contributed by atoms with E-state index < -0.39 is 0 Å². The Morgan fingerprint density at radius 2 is 1.87 bits per heavy atom. The minimum Gasteiger partial charge on any atom is -0.484 e. The van der Waals surface area contributed by atoms with Crippen molar-refractivity contribution in [3.05, 3.63) is 59.7 Å². The van der Waals surface area contributed by atoms with Gasteiger partial charge in [-0.3, -0.25) is 0 Å². The maximum Gasteiger partial charge on any atom is 0.143 e. The van der Waals surface area contributed by atoms with Crippen molar-refractivity contribution in [2.75, 3.05) is 18.1 Å². The second-order valence-electron chi connectivity index (χ2n) is 7.22. The summed E-state index contributed by atoms with van der Waals surface area (Å²) in [5.74, 6) is 0.860. The minimum atomic E-state index is -0.174. The number of ether oxygens (including phenoxy) is 1. The number of hydrogen-bond acceptors (Lipinski definition) is 3. The molecule has 0 amide bonds. The van der Waals surface area contributed by atoms with Crippen LogP contribution in [0.4, 0.5) is 5.69 Å². The molecule has 0 bridgehead atoms. The molecule has 0 unspecified atom stereocenters. The number of benzene rings is 2. The SMILES string of the molecule is CC(C)(C)c1ccc2c(c1)N(Cc1ccccc1)C[C@H](CO)O2. The Hall–Kier alpha value is -2.00. The first-order chi connectivity index (χ1) is 11.0. The summed E-state index contributed by atoms with van der Waals surface area (Å²) in [6, 6.07) is 16.8. The molecule has 0 aliphatic carbocycles. The smallest absolute Gasteiger partial charge is 0.143 e. The molecule has 1 heterocycles. The topological polar surface area (TPSA) is 32.7 Å². The van der Waals surface area contributed by atoms with E-state index in [0.717, 1.165) is 18.0 Å². The van der Waals surface area contributed by atoms with Crippen LogP contribution in [0.2, 0.25) is 0 Å². The molecule has 3 rings (SSSR count). The van der Waals surface area contributed by atoms with Gasteiger partial charge in [0.25, 0.3) is 0 Å². The van der Waals surface area contributed by atoms with Crippen molar-refractivity contribution in [2.24, 2.45) is 0 Å². The third-order valence-corrected chi connectivity index (χ3v) is 4.30. The molecule has 1 aliphatic heterocycles. The Morgan fingerprint density at radius 3 is 2.52 bits per heavy atom. The minimum absolute atomic E-state index is 0.0335. The van der Waals surface area contributed by atoms with E-state index in [-0.39, 0.29) is 18.1 Å². The van der Waals surface area contributed by atoms with Crippen LogP contribution in [0.3, 0.4) is 0 Å². The Balaban J connectivity index is 1.96. The monoisotopic (exact) mass is 311 g/mol. The summed E-state index contributed by atoms with van der Waals surface area (Å²) >= 11 is 0. The Bertz CT molecular complexity index is 661. The fraction of sp³-hybridized carbons (Fsp3) is 0.400. The van der Waals surface area contributed by atoms with Crippen LogP contribution in [0.5, 0.6) is 5.75 Å². The quantitative estimate of drug-likeness (QED) is 0.937. The highest BCUT2D eigenvalue weighted by Gasteiger charge is 2.27. The first kappa shape index (κ1) is 15.9. The fourth-order valence-corrected chi connectivity index (χ4v) is 2.94. The fourth-order valence-electron chi connectivity index (χ4n) is 2.94. The Morgan fingerprint density at radius 1 is 1.13 bits per heavy atom. The maximum atomic E-state index is 9.53. The number of hydrogen-bond donors (Lipinski definition) is 1. The predicted molar refractivity (Wildman–Crippen MR) is 94.1 cm³/mol. The second kappa shape index (κ2) is 6.25. The van der Waals surface area contributed by atoms with Gasteiger partial charge in [-0.2, -0.15) is 0 Å². The molecule has 3 nitrogen and oxygen atoms in total. The molecule has 0 fully saturated rings. The van der Waals surface area contributed by atoms with E-state index in [1.165, 1.54) is 11.1 Å². The first-order valence-electron chi connectivity index (χ1n) is 8.18. The maximum absolute atomic E-state index is 9.53. The highest BCUT2D eigenvalue weighted by Crippen LogP contribution is 2.38. The second-order valence-corrected chi connectivity index (χ2v) is 7.22. The number of aliphatic hydroxyl groups excluding tert-OH is 1. The zero-order valence-electron chi connectivity index (χ0n) is 14.1. The number of nitrogens with zero attached hydrogens (tertiary/aromatic N) is 1. The number of anilines is 1. The van der Waals surface area contributed by atoms with Crippen molar-refractivity contribution < 1.29 is 9.84 Å². The zero-order valence-corrected chi connectivity index (χ0v) is 14.1. The van der Waals surface area contributed by atoms with Crippen molar-refractivity contribution in [1.82, 2.24) is 0 Å². The predicted octanol–water partition coefficient (Wildman–Crippen LogP) is 3.74. The largest absolute Gasteiger partial charge is 0.484 e. The summed E-state index contributed by atoms with van der Waals surface area (Å²) in [6.07, 6.45) is -0.174. The summed E-state index contributed by atoms with van der Waals surface area (Å²) in [7, 11) is 0. The Kier molecular flexibility index (Phi) is 4.31. The van der Waals surface area contributed by atoms with E-state index in [0.29, 0.717) is 6.54 Å². The highest BCUT2D eigenvalue weighted by atomic mass is 16.5. The molecule has 1 atom stereocenters. The van der Waals surface area contributed by atoms with Crippen molar-refractivity contribution in [2.45, 2.75) is 38.8 Å². The zero-order chi connectivity index (χ0) is 16.4. The van der Waals surface area contributed by atoms with Gasteiger partial charge in [0.15, 0.2) is 0 Å². The standard InChI is InChI=1S/C20H25NO2/c1-20(2,3)16-9-10-19-18(11-16)21(13-17(14-22)23-19)12-15-7-5-4-6-8-15/h4-11,17,22H,12-14H2,1-3H3/t17-/m1/s1. The Labute approximate surface area is 138 Å². The van der Waals surface area contributed by atoms with Crippen LogP contribution in [-0.2, 0) is 12.0 Å². The van der Waals surface area contributed by atoms with Crippen molar-refractivity contribution in [3.8, 4) is 5.75 Å². The van der Waals surface area contributed by atoms with Gasteiger partial charge in [-0.1, -0.05) is 57.2 Å². The van der Waals surface area contributed by atoms with Gasteiger partial charge in [0, 0.05) is 6.54 Å². The van der Waals surface area contributed by atoms with Gasteiger partial charge in [0.05, 0.1) is 18.8 Å². The van der Waals surface area contributed by atoms with Gasteiger partial charge in [-0.25, -0.2) is 0 Å². The van der Waals surface area contributed by atoms with E-state index in [1.54, 1.807) is 0 Å². The normalized spacial score (nSPS) is 17.6. The van der Waals surface area contributed by atoms with Gasteiger partial charge in [-0.05, 0) is 28.7 Å². The number of rotatable bonds is 3. The molecule has 23 heavy (non-hydrogen) atoms. The van der Waals surface area contributed by atoms with Crippen LogP contribution in [0.1, 0.15) is 31.9 Å². The van der Waals surface area contributed by atoms with Crippen LogP contribution < -0.4 is 9.64 Å². The molecule has 0 saturated heterocycles. The van der Waals surface area contributed by atoms with Crippen LogP contribution in [0.25, 0.3) is 0 Å². The average molecular weight is 311 g/mol. The molecular formula is C20H25NO2. The van der Waals surface area contributed by atoms with Crippen LogP contribution in [0.15, 0.2) is 48.5 Å². The van der Waals surface area contributed by atoms with Gasteiger partial charge >= 0.3 is 0 Å². The summed E-state index contributed by atoms with van der Waals surface area (Å²) < 4.78 is 5.93. The van der Waals surface area contributed by atoms with Gasteiger partial charge in [-0.15, -0.1) is 0 Å². The molecule has 0 saturated carbocycles. The number of fused-ring (bicyclic) bond motifs is 1. The highest BCUT2D eigenvalue weighted by molar-refractivity contribution is 5.62. The van der Waals surface area contributed by atoms with Gasteiger partial charge in [0.1, 0.15) is 11.9 Å². The molecular weight excluding hydrogens is 286 g/mol. The molecule has 0 aromatic heterocycles. The molecule has 1 aliphatic rings. The molecule has 0 spiro atoms. The summed E-state index contributed by atoms with van der Waals surface area (Å²) in [5.41, 5.74) is 3.77. The first-order valence-corrected chi connectivity index (χ1v) is 8.18. The molecule has 2 aromatic rings. The lowest BCUT2D eigenvalue weighted by molar-refractivity contribution is 0.112. The molecule has 1 N–H and O–H groups in total. The van der Waals surface area contributed by atoms with Crippen LogP contribution >= 0.6 is 0 Å². The van der Waals surface area contributed by atoms with Crippen molar-refractivity contribution >= 4 is 5.69 Å². The lowest BCUT2D eigenvalue weighted by Gasteiger charge is -2.37. The lowest BCUT2D eigenvalue weighted by Crippen LogP contribution is -2.41. The lowest BCUT2D eigenvalue weighted by atomic mass is 9.86. The third-order valence-electron chi connectivity index (χ3n) is 4.30. The molecule has 2 aromatic carbocycles. The molecule has 3 heteroatoms. The van der Waals surface area contributed by atoms with Crippen molar-refractivity contribution in [3.63, 3.8) is 0 Å². The number of aliphatic hydroxyl groups is 1. The summed E-state index contributed by atoms with van der Waals surface area (Å²) in [6.45, 7) is 8.21. The van der Waals surface area contributed by atoms with Gasteiger partial charge < -0.3 is 14.7 Å². The van der Waals surface area contributed by atoms with Crippen LogP contribution in [-0.4, -0.2) is 24.4 Å². The third kappa shape index (κ3) is 3.50. The van der Waals surface area contributed by atoms with E-state index in [1.807, 2.05) is 12.1 Å². The van der Waals surface area contributed by atoms with E-state index >= 15 is 0 Å². The van der Waals surface area contributed by atoms with Gasteiger partial charge in [0.2, 0.25) is 0 Å². The average Bonchev–Trinajstić information content (AvgIpc) is 2.54. The van der Waals surface area contributed by atoms with E-state index in [4.69, 9.17) is 4.74 Å². The summed E-state index contributed by atoms with van der Waals surface area (Å²) in [5, 5.41) is 9.53. The van der Waals surface area contributed by atoms with E-state index in [9.17, 15) is 5.11 Å². The molecule has 122 valence electrons. The van der Waals surface area contributed by atoms with Crippen LogP contribution in [0, 0.1) is 0 Å². The summed E-state index contributed by atoms with van der Waals surface area (Å²) in [4.78, 5) is 2.31. The van der Waals surface area contributed by atoms with Crippen molar-refractivity contribution in [1.29, 1.82) is 0 Å². The van der Waals surface area contributed by atoms with E-state index in [2.05, 4.69) is 62.1 Å². The molecule has 0 radical (unpaired) electrons.